The Kier molecular flexibility index (Phi) is 30.5. The monoisotopic (exact) mass is 467 g/mol. The topological polar surface area (TPSA) is 152 Å². The van der Waals surface area contributed by atoms with E-state index in [1.54, 1.807) is 0 Å². The molecule has 23 heavy (non-hydrogen) atoms. The molecule has 0 bridgehead atoms. The zero-order chi connectivity index (χ0) is 17.6. The van der Waals surface area contributed by atoms with Gasteiger partial charge in [-0.15, -0.1) is 17.3 Å². The van der Waals surface area contributed by atoms with Crippen molar-refractivity contribution in [3.8, 4) is 0 Å². The van der Waals surface area contributed by atoms with Crippen molar-refractivity contribution in [2.24, 2.45) is 0 Å². The minimum atomic E-state index is -0.187. The summed E-state index contributed by atoms with van der Waals surface area (Å²) in [5, 5.41) is 29.9. The minimum Gasteiger partial charge on any atom is -0.876 e. The molecule has 0 aromatic carbocycles. The Bertz CT molecular complexity index is 370. The van der Waals surface area contributed by atoms with Crippen molar-refractivity contribution in [3.05, 3.63) is 35.5 Å². The molecule has 0 rings (SSSR count). The molecule has 0 atom stereocenters. The molecule has 8 heteroatoms. The van der Waals surface area contributed by atoms with Gasteiger partial charge in [0.1, 0.15) is 0 Å². The Balaban J connectivity index is -0.0000000675. The van der Waals surface area contributed by atoms with E-state index in [9.17, 15) is 29.7 Å². The van der Waals surface area contributed by atoms with Crippen LogP contribution < -0.4 is 15.3 Å². The number of hydrogen-bond donors (Lipinski definition) is 0. The van der Waals surface area contributed by atoms with Gasteiger partial charge in [-0.1, -0.05) is 20.8 Å². The van der Waals surface area contributed by atoms with Gasteiger partial charge in [0.2, 0.25) is 0 Å². The molecule has 0 heterocycles. The second-order valence-corrected chi connectivity index (χ2v) is 4.10. The fourth-order valence-electron chi connectivity index (χ4n) is 0.859. The first-order chi connectivity index (χ1) is 9.38. The number of carbonyl (C=O) groups is 3. The average Bonchev–Trinajstić information content (AvgIpc) is 2.10. The van der Waals surface area contributed by atoms with Gasteiger partial charge < -0.3 is 20.8 Å². The molecule has 0 fully saturated rings. The van der Waals surface area contributed by atoms with E-state index in [1.807, 2.05) is 0 Å². The van der Waals surface area contributed by atoms with E-state index in [-0.39, 0.29) is 80.5 Å². The fourth-order valence-corrected chi connectivity index (χ4v) is 0.859. The molecule has 131 valence electrons. The second kappa shape index (κ2) is 20.9. The molecule has 2 N–H and O–H groups in total. The van der Waals surface area contributed by atoms with Crippen molar-refractivity contribution < 1.29 is 75.6 Å². The summed E-state index contributed by atoms with van der Waals surface area (Å²) in [5.74, 6) is -1.12. The normalized spacial score (nSPS) is 10.4. The maximum atomic E-state index is 9.98. The second-order valence-electron chi connectivity index (χ2n) is 4.10. The van der Waals surface area contributed by atoms with Crippen molar-refractivity contribution in [1.82, 2.24) is 0 Å². The molecule has 7 nitrogen and oxygen atoms in total. The Morgan fingerprint density at radius 1 is 0.565 bits per heavy atom. The predicted octanol–water partition coefficient (Wildman–Crippen LogP) is -1.31. The van der Waals surface area contributed by atoms with Crippen molar-refractivity contribution in [2.45, 2.75) is 41.5 Å². The van der Waals surface area contributed by atoms with Crippen molar-refractivity contribution in [3.63, 3.8) is 0 Å². The van der Waals surface area contributed by atoms with E-state index in [1.165, 1.54) is 41.5 Å². The summed E-state index contributed by atoms with van der Waals surface area (Å²) in [5.41, 5.74) is 0. The zero-order valence-corrected chi connectivity index (χ0v) is 16.7. The van der Waals surface area contributed by atoms with Crippen LogP contribution in [0.15, 0.2) is 35.5 Å². The molecular weight excluding hydrogens is 443 g/mol. The third-order valence-corrected chi connectivity index (χ3v) is 1.22. The first-order valence-electron chi connectivity index (χ1n) is 5.96. The van der Waals surface area contributed by atoms with Crippen LogP contribution in [0.1, 0.15) is 41.5 Å². The van der Waals surface area contributed by atoms with Crippen LogP contribution in [0, 0.1) is 40.4 Å². The quantitative estimate of drug-likeness (QED) is 0.373. The van der Waals surface area contributed by atoms with Gasteiger partial charge in [0, 0.05) is 0 Å². The van der Waals surface area contributed by atoms with E-state index >= 15 is 0 Å². The number of hydrogen-bond acceptors (Lipinski definition) is 6. The third-order valence-electron chi connectivity index (χ3n) is 1.22. The first-order valence-corrected chi connectivity index (χ1v) is 5.96. The number of allylic oxidation sites excluding steroid dienone is 6. The summed E-state index contributed by atoms with van der Waals surface area (Å²) in [7, 11) is 0. The van der Waals surface area contributed by atoms with Crippen molar-refractivity contribution in [2.75, 3.05) is 0 Å². The van der Waals surface area contributed by atoms with Crippen LogP contribution in [0.25, 0.3) is 0 Å². The molecule has 0 aliphatic rings. The third kappa shape index (κ3) is 62.8. The van der Waals surface area contributed by atoms with Crippen LogP contribution in [0.5, 0.6) is 0 Å². The molecule has 1 radical (unpaired) electrons. The van der Waals surface area contributed by atoms with Gasteiger partial charge in [0.15, 0.2) is 17.3 Å². The maximum Gasteiger partial charge on any atom is 3.00 e. The van der Waals surface area contributed by atoms with Crippen LogP contribution in [-0.2, 0) is 14.4 Å². The molecule has 0 amide bonds. The Labute approximate surface area is 169 Å². The molecule has 0 aliphatic heterocycles. The number of rotatable bonds is 3. The zero-order valence-electron chi connectivity index (χ0n) is 14.1. The van der Waals surface area contributed by atoms with E-state index < -0.39 is 0 Å². The predicted molar refractivity (Wildman–Crippen MR) is 76.9 cm³/mol. The van der Waals surface area contributed by atoms with Gasteiger partial charge in [0.05, 0.1) is 0 Å². The molecule has 0 spiro atoms. The van der Waals surface area contributed by atoms with Gasteiger partial charge in [-0.05, 0) is 39.0 Å². The van der Waals surface area contributed by atoms with Crippen molar-refractivity contribution in [1.29, 1.82) is 0 Å². The van der Waals surface area contributed by atoms with Crippen LogP contribution in [0.3, 0.4) is 0 Å². The van der Waals surface area contributed by atoms with Crippen LogP contribution in [0.2, 0.25) is 0 Å². The fraction of sp³-hybridized carbons (Fsp3) is 0.400. The Hall–Kier alpha value is -1.07. The summed E-state index contributed by atoms with van der Waals surface area (Å²) < 4.78 is 0. The van der Waals surface area contributed by atoms with Crippen LogP contribution in [0.4, 0.5) is 0 Å². The number of carbonyl (C=O) groups excluding carboxylic acids is 3. The Morgan fingerprint density at radius 3 is 0.696 bits per heavy atom. The maximum absolute atomic E-state index is 9.98. The smallest absolute Gasteiger partial charge is 0.876 e. The summed E-state index contributed by atoms with van der Waals surface area (Å²) >= 11 is 0. The van der Waals surface area contributed by atoms with Gasteiger partial charge in [-0.2, -0.15) is 0 Å². The first kappa shape index (κ1) is 33.5. The Morgan fingerprint density at radius 2 is 0.696 bits per heavy atom. The minimum absolute atomic E-state index is 0. The summed E-state index contributed by atoms with van der Waals surface area (Å²) in [6, 6.07) is 0. The van der Waals surface area contributed by atoms with Crippen LogP contribution in [-0.4, -0.2) is 22.8 Å². The van der Waals surface area contributed by atoms with E-state index in [0.717, 1.165) is 18.2 Å². The van der Waals surface area contributed by atoms with Crippen molar-refractivity contribution >= 4 is 17.3 Å². The molecule has 0 aromatic heterocycles. The van der Waals surface area contributed by atoms with Gasteiger partial charge in [-0.3, -0.25) is 14.4 Å². The molecule has 0 saturated carbocycles. The number of ketones is 3. The molecule has 0 aromatic rings. The average molecular weight is 466 g/mol. The van der Waals surface area contributed by atoms with E-state index in [4.69, 9.17) is 0 Å². The van der Waals surface area contributed by atoms with E-state index in [2.05, 4.69) is 0 Å². The van der Waals surface area contributed by atoms with Crippen LogP contribution >= 0.6 is 0 Å². The van der Waals surface area contributed by atoms with Gasteiger partial charge in [-0.25, -0.2) is 0 Å². The summed E-state index contributed by atoms with van der Waals surface area (Å²) in [6.07, 6.45) is 3.17. The summed E-state index contributed by atoms with van der Waals surface area (Å²) in [6.45, 7) is 8.09. The molecule has 0 aliphatic carbocycles. The van der Waals surface area contributed by atoms with E-state index in [0.29, 0.717) is 0 Å². The molecular formula is C15H23O7Sm. The van der Waals surface area contributed by atoms with Gasteiger partial charge in [0.25, 0.3) is 0 Å². The standard InChI is InChI=1S/3C5H8O2.H2O.Sm/c3*1-4(6)3-5(2)7;;/h3*3,6H,1-2H3;1H2;/q;;;;+3/p-3/b3*4-3-;;. The van der Waals surface area contributed by atoms with Gasteiger partial charge >= 0.3 is 40.4 Å². The SMILES string of the molecule is CC(=O)/C=C(/C)[O-].CC(=O)/C=C(/C)[O-].CC(=O)/C=C(/C)[O-].O.[Sm+3]. The molecule has 0 unspecified atom stereocenters. The molecule has 0 saturated heterocycles. The largest absolute Gasteiger partial charge is 3.00 e. The summed E-state index contributed by atoms with van der Waals surface area (Å²) in [4.78, 5) is 29.9.